The second-order valence-electron chi connectivity index (χ2n) is 8.08. The van der Waals surface area contributed by atoms with E-state index in [1.807, 2.05) is 23.5 Å². The first kappa shape index (κ1) is 18.9. The van der Waals surface area contributed by atoms with Gasteiger partial charge in [0, 0.05) is 19.6 Å². The smallest absolute Gasteiger partial charge is 0.100 e. The third kappa shape index (κ3) is 3.22. The van der Waals surface area contributed by atoms with Gasteiger partial charge in [-0.3, -0.25) is 0 Å². The molecule has 0 aromatic heterocycles. The van der Waals surface area contributed by atoms with Gasteiger partial charge < -0.3 is 9.80 Å². The first-order chi connectivity index (χ1) is 15.2. The van der Waals surface area contributed by atoms with Gasteiger partial charge in [-0.1, -0.05) is 59.9 Å². The maximum absolute atomic E-state index is 2.47. The molecule has 152 valence electrons. The van der Waals surface area contributed by atoms with Gasteiger partial charge in [0.25, 0.3) is 0 Å². The molecule has 0 atom stereocenters. The van der Waals surface area contributed by atoms with Gasteiger partial charge >= 0.3 is 0 Å². The van der Waals surface area contributed by atoms with Crippen LogP contribution in [0.4, 0.5) is 22.7 Å². The molecule has 0 amide bonds. The van der Waals surface area contributed by atoms with Crippen molar-refractivity contribution in [1.29, 1.82) is 0 Å². The van der Waals surface area contributed by atoms with E-state index in [2.05, 4.69) is 109 Å². The molecule has 0 saturated heterocycles. The van der Waals surface area contributed by atoms with Gasteiger partial charge in [0.15, 0.2) is 0 Å². The molecule has 6 rings (SSSR count). The van der Waals surface area contributed by atoms with E-state index in [9.17, 15) is 0 Å². The monoisotopic (exact) mass is 438 g/mol. The lowest BCUT2D eigenvalue weighted by atomic mass is 10.1. The van der Waals surface area contributed by atoms with Crippen molar-refractivity contribution in [1.82, 2.24) is 0 Å². The summed E-state index contributed by atoms with van der Waals surface area (Å²) in [6.45, 7) is 5.10. The average Bonchev–Trinajstić information content (AvgIpc) is 2.78. The van der Waals surface area contributed by atoms with Crippen LogP contribution in [0.1, 0.15) is 11.1 Å². The SMILES string of the molecule is Cc1ccc2c(c1)Sc1ccccc1N2CN1c2ccccc2Sc2cc(C)ccc21. The quantitative estimate of drug-likeness (QED) is 0.311. The second-order valence-corrected chi connectivity index (χ2v) is 10.2. The normalized spacial score (nSPS) is 13.9. The van der Waals surface area contributed by atoms with Crippen molar-refractivity contribution in [2.75, 3.05) is 16.5 Å². The number of para-hydroxylation sites is 2. The number of fused-ring (bicyclic) bond motifs is 4. The third-order valence-electron chi connectivity index (χ3n) is 5.85. The zero-order chi connectivity index (χ0) is 20.9. The summed E-state index contributed by atoms with van der Waals surface area (Å²) >= 11 is 3.74. The summed E-state index contributed by atoms with van der Waals surface area (Å²) in [5.41, 5.74) is 7.69. The van der Waals surface area contributed by atoms with Crippen molar-refractivity contribution in [3.05, 3.63) is 96.1 Å². The molecule has 31 heavy (non-hydrogen) atoms. The molecule has 2 aliphatic rings. The molecule has 0 spiro atoms. The summed E-state index contributed by atoms with van der Waals surface area (Å²) < 4.78 is 0. The van der Waals surface area contributed by atoms with E-state index < -0.39 is 0 Å². The Balaban J connectivity index is 1.51. The van der Waals surface area contributed by atoms with Crippen LogP contribution in [-0.2, 0) is 0 Å². The summed E-state index contributed by atoms with van der Waals surface area (Å²) in [4.78, 5) is 10.2. The largest absolute Gasteiger partial charge is 0.321 e. The van der Waals surface area contributed by atoms with E-state index in [1.54, 1.807) is 0 Å². The second kappa shape index (κ2) is 7.40. The van der Waals surface area contributed by atoms with E-state index in [4.69, 9.17) is 0 Å². The first-order valence-electron chi connectivity index (χ1n) is 10.5. The van der Waals surface area contributed by atoms with Gasteiger partial charge in [-0.15, -0.1) is 0 Å². The van der Waals surface area contributed by atoms with Gasteiger partial charge in [0.2, 0.25) is 0 Å². The molecular weight excluding hydrogens is 416 g/mol. The zero-order valence-electron chi connectivity index (χ0n) is 17.5. The predicted octanol–water partition coefficient (Wildman–Crippen LogP) is 8.17. The lowest BCUT2D eigenvalue weighted by Gasteiger charge is -2.40. The van der Waals surface area contributed by atoms with Crippen LogP contribution in [0.2, 0.25) is 0 Å². The van der Waals surface area contributed by atoms with Gasteiger partial charge in [-0.25, -0.2) is 0 Å². The van der Waals surface area contributed by atoms with Crippen LogP contribution in [-0.4, -0.2) is 6.67 Å². The Kier molecular flexibility index (Phi) is 4.51. The number of hydrogen-bond donors (Lipinski definition) is 0. The summed E-state index contributed by atoms with van der Waals surface area (Å²) in [6.07, 6.45) is 0. The van der Waals surface area contributed by atoms with Crippen LogP contribution in [0.25, 0.3) is 0 Å². The van der Waals surface area contributed by atoms with Crippen molar-refractivity contribution in [3.63, 3.8) is 0 Å². The molecule has 4 aromatic rings. The standard InChI is InChI=1S/C27H22N2S2/c1-18-11-13-22-26(15-18)30-24-9-5-3-7-20(24)28(22)17-29-21-8-4-6-10-25(21)31-27-16-19(2)12-14-23(27)29/h3-16H,17H2,1-2H3. The molecule has 2 heterocycles. The Morgan fingerprint density at radius 3 is 1.42 bits per heavy atom. The van der Waals surface area contributed by atoms with Crippen molar-refractivity contribution in [2.24, 2.45) is 0 Å². The summed E-state index contributed by atoms with van der Waals surface area (Å²) in [5, 5.41) is 0. The average molecular weight is 439 g/mol. The van der Waals surface area contributed by atoms with Crippen molar-refractivity contribution < 1.29 is 0 Å². The molecule has 0 N–H and O–H groups in total. The topological polar surface area (TPSA) is 6.48 Å². The predicted molar refractivity (Wildman–Crippen MR) is 133 cm³/mol. The molecule has 2 aliphatic heterocycles. The van der Waals surface area contributed by atoms with Crippen LogP contribution in [0.3, 0.4) is 0 Å². The summed E-state index contributed by atoms with van der Waals surface area (Å²) in [6, 6.07) is 31.1. The van der Waals surface area contributed by atoms with Crippen LogP contribution >= 0.6 is 23.5 Å². The number of aryl methyl sites for hydroxylation is 2. The van der Waals surface area contributed by atoms with Crippen LogP contribution in [0.5, 0.6) is 0 Å². The summed E-state index contributed by atoms with van der Waals surface area (Å²) in [5.74, 6) is 0. The molecule has 2 nitrogen and oxygen atoms in total. The lowest BCUT2D eigenvalue weighted by Crippen LogP contribution is -2.35. The number of nitrogens with zero attached hydrogens (tertiary/aromatic N) is 2. The Bertz CT molecular complexity index is 1210. The molecular formula is C27H22N2S2. The van der Waals surface area contributed by atoms with Crippen molar-refractivity contribution in [3.8, 4) is 0 Å². The van der Waals surface area contributed by atoms with E-state index in [0.717, 1.165) is 6.67 Å². The molecule has 4 heteroatoms. The lowest BCUT2D eigenvalue weighted by molar-refractivity contribution is 0.880. The number of benzene rings is 4. The first-order valence-corrected chi connectivity index (χ1v) is 12.1. The Morgan fingerprint density at radius 1 is 0.516 bits per heavy atom. The maximum atomic E-state index is 2.47. The molecule has 0 unspecified atom stereocenters. The van der Waals surface area contributed by atoms with Gasteiger partial charge in [0.05, 0.1) is 22.7 Å². The number of rotatable bonds is 2. The highest BCUT2D eigenvalue weighted by Crippen LogP contribution is 2.52. The fourth-order valence-corrected chi connectivity index (χ4v) is 6.72. The van der Waals surface area contributed by atoms with Crippen LogP contribution < -0.4 is 9.80 Å². The van der Waals surface area contributed by atoms with Crippen LogP contribution in [0, 0.1) is 13.8 Å². The Hall–Kier alpha value is -2.82. The van der Waals surface area contributed by atoms with E-state index in [-0.39, 0.29) is 0 Å². The minimum Gasteiger partial charge on any atom is -0.321 e. The zero-order valence-corrected chi connectivity index (χ0v) is 19.1. The fraction of sp³-hybridized carbons (Fsp3) is 0.111. The van der Waals surface area contributed by atoms with Crippen LogP contribution in [0.15, 0.2) is 105 Å². The highest BCUT2D eigenvalue weighted by Gasteiger charge is 2.29. The molecule has 0 radical (unpaired) electrons. The maximum Gasteiger partial charge on any atom is 0.100 e. The Labute approximate surface area is 191 Å². The number of anilines is 4. The molecule has 0 fully saturated rings. The van der Waals surface area contributed by atoms with E-state index in [1.165, 1.54) is 53.5 Å². The van der Waals surface area contributed by atoms with Gasteiger partial charge in [-0.05, 0) is 73.5 Å². The van der Waals surface area contributed by atoms with E-state index >= 15 is 0 Å². The fourth-order valence-electron chi connectivity index (χ4n) is 4.33. The minimum absolute atomic E-state index is 0.765. The Morgan fingerprint density at radius 2 is 0.935 bits per heavy atom. The molecule has 0 bridgehead atoms. The molecule has 4 aromatic carbocycles. The molecule has 0 aliphatic carbocycles. The van der Waals surface area contributed by atoms with E-state index in [0.29, 0.717) is 0 Å². The van der Waals surface area contributed by atoms with Crippen molar-refractivity contribution in [2.45, 2.75) is 33.4 Å². The van der Waals surface area contributed by atoms with Crippen molar-refractivity contribution >= 4 is 46.3 Å². The van der Waals surface area contributed by atoms with Gasteiger partial charge in [0.1, 0.15) is 6.67 Å². The highest BCUT2D eigenvalue weighted by atomic mass is 32.2. The number of hydrogen-bond acceptors (Lipinski definition) is 4. The summed E-state index contributed by atoms with van der Waals surface area (Å²) in [7, 11) is 0. The molecule has 0 saturated carbocycles. The van der Waals surface area contributed by atoms with Gasteiger partial charge in [-0.2, -0.15) is 0 Å². The minimum atomic E-state index is 0.765. The highest BCUT2D eigenvalue weighted by molar-refractivity contribution is 8.00. The third-order valence-corrected chi connectivity index (χ3v) is 8.07.